The monoisotopic (exact) mass is 374 g/mol. The van der Waals surface area contributed by atoms with E-state index in [0.717, 1.165) is 30.1 Å². The van der Waals surface area contributed by atoms with Crippen LogP contribution in [0.15, 0.2) is 0 Å². The van der Waals surface area contributed by atoms with Gasteiger partial charge in [-0.15, -0.1) is 0 Å². The minimum absolute atomic E-state index is 0.347. The molecule has 4 saturated carbocycles. The SMILES string of the molecule is C[C@H](CCC(=O)O)[C@H]1CC[C@H]2[C@@H]3CCC4CCCC[C@]4(C)[C@@]3(C)CC[C@]12C. The van der Waals surface area contributed by atoms with Crippen LogP contribution in [0.3, 0.4) is 0 Å². The maximum atomic E-state index is 11.1. The van der Waals surface area contributed by atoms with E-state index in [1.54, 1.807) is 0 Å². The Labute approximate surface area is 166 Å². The minimum Gasteiger partial charge on any atom is -0.481 e. The highest BCUT2D eigenvalue weighted by Crippen LogP contribution is 2.73. The Kier molecular flexibility index (Phi) is 4.96. The largest absolute Gasteiger partial charge is 0.481 e. The maximum Gasteiger partial charge on any atom is 0.303 e. The van der Waals surface area contributed by atoms with Crippen molar-refractivity contribution in [2.24, 2.45) is 45.8 Å². The third-order valence-electron chi connectivity index (χ3n) is 11.0. The van der Waals surface area contributed by atoms with Gasteiger partial charge in [-0.3, -0.25) is 4.79 Å². The molecule has 0 aromatic carbocycles. The first-order valence-electron chi connectivity index (χ1n) is 11.9. The smallest absolute Gasteiger partial charge is 0.303 e. The summed E-state index contributed by atoms with van der Waals surface area (Å²) in [7, 11) is 0. The van der Waals surface area contributed by atoms with E-state index in [1.807, 2.05) is 0 Å². The molecular weight excluding hydrogens is 332 g/mol. The predicted molar refractivity (Wildman–Crippen MR) is 110 cm³/mol. The molecule has 1 unspecified atom stereocenters. The summed E-state index contributed by atoms with van der Waals surface area (Å²) in [5.41, 5.74) is 1.57. The lowest BCUT2D eigenvalue weighted by molar-refractivity contribution is -0.176. The average molecular weight is 375 g/mol. The summed E-state index contributed by atoms with van der Waals surface area (Å²) < 4.78 is 0. The number of carboxylic acid groups (broad SMARTS) is 1. The van der Waals surface area contributed by atoms with Gasteiger partial charge in [-0.1, -0.05) is 40.5 Å². The van der Waals surface area contributed by atoms with Gasteiger partial charge in [0.1, 0.15) is 0 Å². The van der Waals surface area contributed by atoms with Gasteiger partial charge in [0.2, 0.25) is 0 Å². The summed E-state index contributed by atoms with van der Waals surface area (Å²) in [5.74, 6) is 3.44. The molecule has 0 bridgehead atoms. The molecule has 154 valence electrons. The van der Waals surface area contributed by atoms with Crippen molar-refractivity contribution >= 4 is 5.97 Å². The Bertz CT molecular complexity index is 585. The Morgan fingerprint density at radius 3 is 2.41 bits per heavy atom. The van der Waals surface area contributed by atoms with Crippen molar-refractivity contribution in [1.29, 1.82) is 0 Å². The van der Waals surface area contributed by atoms with Crippen LogP contribution in [0, 0.1) is 45.8 Å². The molecule has 8 atom stereocenters. The number of carboxylic acids is 1. The minimum atomic E-state index is -0.624. The zero-order valence-electron chi connectivity index (χ0n) is 18.2. The van der Waals surface area contributed by atoms with Crippen molar-refractivity contribution in [1.82, 2.24) is 0 Å². The first-order chi connectivity index (χ1) is 12.7. The van der Waals surface area contributed by atoms with Crippen molar-refractivity contribution in [2.45, 2.75) is 105 Å². The Hall–Kier alpha value is -0.530. The standard InChI is InChI=1S/C25H42O2/c1-17(8-13-22(26)27)19-11-12-20-21-10-9-18-7-5-6-14-24(18,3)25(21,4)16-15-23(19,20)2/h17-21H,5-16H2,1-4H3,(H,26,27)/t17-,18?,19-,20+,21+,23-,24+,25+/m1/s1. The van der Waals surface area contributed by atoms with Gasteiger partial charge in [-0.05, 0) is 104 Å². The molecule has 27 heavy (non-hydrogen) atoms. The fourth-order valence-corrected chi connectivity index (χ4v) is 9.20. The van der Waals surface area contributed by atoms with E-state index < -0.39 is 5.97 Å². The van der Waals surface area contributed by atoms with Crippen molar-refractivity contribution < 1.29 is 9.90 Å². The van der Waals surface area contributed by atoms with E-state index in [4.69, 9.17) is 5.11 Å². The molecule has 4 fully saturated rings. The van der Waals surface area contributed by atoms with Gasteiger partial charge in [0.25, 0.3) is 0 Å². The molecule has 1 N–H and O–H groups in total. The van der Waals surface area contributed by atoms with E-state index in [9.17, 15) is 4.79 Å². The van der Waals surface area contributed by atoms with E-state index in [-0.39, 0.29) is 0 Å². The molecule has 0 aliphatic heterocycles. The molecule has 2 nitrogen and oxygen atoms in total. The fraction of sp³-hybridized carbons (Fsp3) is 0.960. The molecule has 0 radical (unpaired) electrons. The second kappa shape index (κ2) is 6.77. The van der Waals surface area contributed by atoms with Crippen LogP contribution >= 0.6 is 0 Å². The summed E-state index contributed by atoms with van der Waals surface area (Å²) in [5, 5.41) is 9.13. The molecule has 0 heterocycles. The van der Waals surface area contributed by atoms with Gasteiger partial charge in [-0.25, -0.2) is 0 Å². The third-order valence-corrected chi connectivity index (χ3v) is 11.0. The molecule has 0 aromatic heterocycles. The zero-order chi connectivity index (χ0) is 19.4. The molecule has 0 saturated heterocycles. The zero-order valence-corrected chi connectivity index (χ0v) is 18.2. The highest BCUT2D eigenvalue weighted by Gasteiger charge is 2.64. The number of rotatable bonds is 4. The molecule has 4 aliphatic carbocycles. The van der Waals surface area contributed by atoms with Crippen molar-refractivity contribution in [3.05, 3.63) is 0 Å². The van der Waals surface area contributed by atoms with Gasteiger partial charge < -0.3 is 5.11 Å². The summed E-state index contributed by atoms with van der Waals surface area (Å²) in [6, 6.07) is 0. The van der Waals surface area contributed by atoms with Crippen LogP contribution in [0.1, 0.15) is 105 Å². The fourth-order valence-electron chi connectivity index (χ4n) is 9.20. The van der Waals surface area contributed by atoms with Gasteiger partial charge in [0.15, 0.2) is 0 Å². The molecule has 4 aliphatic rings. The van der Waals surface area contributed by atoms with Gasteiger partial charge >= 0.3 is 5.97 Å². The number of fused-ring (bicyclic) bond motifs is 5. The lowest BCUT2D eigenvalue weighted by Crippen LogP contribution is -2.59. The second-order valence-electron chi connectivity index (χ2n) is 11.7. The van der Waals surface area contributed by atoms with Crippen molar-refractivity contribution in [3.63, 3.8) is 0 Å². The van der Waals surface area contributed by atoms with Crippen molar-refractivity contribution in [3.8, 4) is 0 Å². The van der Waals surface area contributed by atoms with Crippen LogP contribution in [-0.2, 0) is 4.79 Å². The summed E-state index contributed by atoms with van der Waals surface area (Å²) >= 11 is 0. The maximum absolute atomic E-state index is 11.1. The number of hydrogen-bond donors (Lipinski definition) is 1. The van der Waals surface area contributed by atoms with Crippen LogP contribution in [0.2, 0.25) is 0 Å². The molecule has 4 rings (SSSR count). The number of hydrogen-bond acceptors (Lipinski definition) is 1. The van der Waals surface area contributed by atoms with E-state index in [0.29, 0.717) is 28.6 Å². The van der Waals surface area contributed by atoms with Crippen molar-refractivity contribution in [2.75, 3.05) is 0 Å². The molecule has 0 aromatic rings. The lowest BCUT2D eigenvalue weighted by Gasteiger charge is -2.66. The molecule has 0 spiro atoms. The topological polar surface area (TPSA) is 37.3 Å². The Morgan fingerprint density at radius 1 is 0.926 bits per heavy atom. The summed E-state index contributed by atoms with van der Waals surface area (Å²) in [6.45, 7) is 10.3. The highest BCUT2D eigenvalue weighted by molar-refractivity contribution is 5.66. The predicted octanol–water partition coefficient (Wildman–Crippen LogP) is 6.93. The highest BCUT2D eigenvalue weighted by atomic mass is 16.4. The van der Waals surface area contributed by atoms with Crippen LogP contribution in [-0.4, -0.2) is 11.1 Å². The van der Waals surface area contributed by atoms with E-state index >= 15 is 0 Å². The van der Waals surface area contributed by atoms with Gasteiger partial charge in [0, 0.05) is 6.42 Å². The normalized spacial score (nSPS) is 50.4. The van der Waals surface area contributed by atoms with Crippen LogP contribution < -0.4 is 0 Å². The molecule has 2 heteroatoms. The third kappa shape index (κ3) is 2.83. The van der Waals surface area contributed by atoms with Gasteiger partial charge in [0.05, 0.1) is 0 Å². The number of carbonyl (C=O) groups is 1. The first-order valence-corrected chi connectivity index (χ1v) is 11.9. The Morgan fingerprint density at radius 2 is 1.67 bits per heavy atom. The average Bonchev–Trinajstić information content (AvgIpc) is 2.97. The van der Waals surface area contributed by atoms with Crippen LogP contribution in [0.4, 0.5) is 0 Å². The van der Waals surface area contributed by atoms with E-state index in [2.05, 4.69) is 27.7 Å². The Balaban J connectivity index is 1.57. The quantitative estimate of drug-likeness (QED) is 0.579. The molecular formula is C25H42O2. The lowest BCUT2D eigenvalue weighted by atomic mass is 9.38. The van der Waals surface area contributed by atoms with Crippen LogP contribution in [0.5, 0.6) is 0 Å². The van der Waals surface area contributed by atoms with E-state index in [1.165, 1.54) is 64.2 Å². The number of aliphatic carboxylic acids is 1. The van der Waals surface area contributed by atoms with Gasteiger partial charge in [-0.2, -0.15) is 0 Å². The summed E-state index contributed by atoms with van der Waals surface area (Å²) in [6.07, 6.45) is 15.6. The molecule has 0 amide bonds. The second-order valence-corrected chi connectivity index (χ2v) is 11.7. The first kappa shape index (κ1) is 19.8. The van der Waals surface area contributed by atoms with Crippen LogP contribution in [0.25, 0.3) is 0 Å². The summed E-state index contributed by atoms with van der Waals surface area (Å²) in [4.78, 5) is 11.1.